The molecule has 0 amide bonds. The first kappa shape index (κ1) is 16.8. The lowest BCUT2D eigenvalue weighted by Gasteiger charge is -2.44. The number of nitrogens with one attached hydrogen (secondary N) is 1. The molecule has 118 valence electrons. The fourth-order valence-corrected chi connectivity index (χ4v) is 3.91. The van der Waals surface area contributed by atoms with Crippen LogP contribution in [0.15, 0.2) is 22.7 Å². The summed E-state index contributed by atoms with van der Waals surface area (Å²) in [6.45, 7) is 6.79. The molecule has 0 saturated carbocycles. The van der Waals surface area contributed by atoms with Gasteiger partial charge in [-0.3, -0.25) is 4.90 Å². The lowest BCUT2D eigenvalue weighted by atomic mass is 9.83. The van der Waals surface area contributed by atoms with Gasteiger partial charge < -0.3 is 10.1 Å². The average Bonchev–Trinajstić information content (AvgIpc) is 2.47. The maximum absolute atomic E-state index is 5.64. The van der Waals surface area contributed by atoms with Crippen LogP contribution in [0.25, 0.3) is 0 Å². The van der Waals surface area contributed by atoms with Gasteiger partial charge in [0, 0.05) is 22.1 Å². The van der Waals surface area contributed by atoms with Crippen molar-refractivity contribution in [3.8, 4) is 5.75 Å². The van der Waals surface area contributed by atoms with Crippen molar-refractivity contribution < 1.29 is 4.74 Å². The summed E-state index contributed by atoms with van der Waals surface area (Å²) in [7, 11) is 3.81. The van der Waals surface area contributed by atoms with Crippen LogP contribution in [0, 0.1) is 5.92 Å². The van der Waals surface area contributed by atoms with Crippen LogP contribution in [0.2, 0.25) is 0 Å². The molecule has 1 N–H and O–H groups in total. The molecule has 2 atom stereocenters. The molecule has 21 heavy (non-hydrogen) atoms. The summed E-state index contributed by atoms with van der Waals surface area (Å²) >= 11 is 3.62. The fourth-order valence-electron chi connectivity index (χ4n) is 3.53. The summed E-state index contributed by atoms with van der Waals surface area (Å²) in [5.41, 5.74) is 1.31. The van der Waals surface area contributed by atoms with Crippen molar-refractivity contribution in [2.45, 2.75) is 38.8 Å². The summed E-state index contributed by atoms with van der Waals surface area (Å²) < 4.78 is 6.76. The first-order valence-corrected chi connectivity index (χ1v) is 8.61. The van der Waals surface area contributed by atoms with Gasteiger partial charge in [0.1, 0.15) is 5.75 Å². The Labute approximate surface area is 137 Å². The van der Waals surface area contributed by atoms with Crippen LogP contribution in [-0.2, 0) is 0 Å². The number of hydrogen-bond acceptors (Lipinski definition) is 3. The zero-order valence-corrected chi connectivity index (χ0v) is 15.1. The van der Waals surface area contributed by atoms with Crippen LogP contribution in [0.3, 0.4) is 0 Å². The Morgan fingerprint density at radius 3 is 2.81 bits per heavy atom. The van der Waals surface area contributed by atoms with Crippen molar-refractivity contribution in [1.29, 1.82) is 0 Å². The number of rotatable bonds is 5. The highest BCUT2D eigenvalue weighted by Crippen LogP contribution is 2.41. The van der Waals surface area contributed by atoms with E-state index in [0.717, 1.165) is 23.3 Å². The third-order valence-electron chi connectivity index (χ3n) is 4.44. The quantitative estimate of drug-likeness (QED) is 0.869. The standard InChI is InChI=1S/C17H27BrN2O/c1-12(2)20-9-5-6-13(11-19-3)17(20)15-10-14(18)7-8-16(15)21-4/h7-8,10,12-13,17,19H,5-6,9,11H2,1-4H3. The first-order chi connectivity index (χ1) is 10.1. The molecule has 2 unspecified atom stereocenters. The molecule has 1 aliphatic heterocycles. The molecular weight excluding hydrogens is 328 g/mol. The number of ether oxygens (including phenoxy) is 1. The summed E-state index contributed by atoms with van der Waals surface area (Å²) in [5.74, 6) is 1.62. The minimum Gasteiger partial charge on any atom is -0.496 e. The molecule has 1 aromatic carbocycles. The van der Waals surface area contributed by atoms with E-state index in [9.17, 15) is 0 Å². The van der Waals surface area contributed by atoms with Crippen molar-refractivity contribution in [1.82, 2.24) is 10.2 Å². The molecule has 0 radical (unpaired) electrons. The van der Waals surface area contributed by atoms with Crippen molar-refractivity contribution in [2.24, 2.45) is 5.92 Å². The van der Waals surface area contributed by atoms with Crippen LogP contribution in [-0.4, -0.2) is 38.2 Å². The predicted molar refractivity (Wildman–Crippen MR) is 91.9 cm³/mol. The van der Waals surface area contributed by atoms with Crippen LogP contribution in [0.5, 0.6) is 5.75 Å². The van der Waals surface area contributed by atoms with E-state index in [1.54, 1.807) is 7.11 Å². The summed E-state index contributed by atoms with van der Waals surface area (Å²) in [4.78, 5) is 2.62. The summed E-state index contributed by atoms with van der Waals surface area (Å²) in [6, 6.07) is 7.31. The van der Waals surface area contributed by atoms with E-state index in [-0.39, 0.29) is 0 Å². The molecule has 1 aromatic rings. The highest BCUT2D eigenvalue weighted by Gasteiger charge is 2.35. The van der Waals surface area contributed by atoms with Gasteiger partial charge in [-0.05, 0) is 70.9 Å². The molecule has 1 fully saturated rings. The predicted octanol–water partition coefficient (Wildman–Crippen LogP) is 3.84. The zero-order chi connectivity index (χ0) is 15.4. The lowest BCUT2D eigenvalue weighted by Crippen LogP contribution is -2.45. The van der Waals surface area contributed by atoms with E-state index in [1.165, 1.54) is 18.4 Å². The summed E-state index contributed by atoms with van der Waals surface area (Å²) in [6.07, 6.45) is 2.54. The molecule has 0 aromatic heterocycles. The van der Waals surface area contributed by atoms with E-state index in [4.69, 9.17) is 4.74 Å². The number of benzene rings is 1. The maximum atomic E-state index is 5.64. The molecule has 3 nitrogen and oxygen atoms in total. The third kappa shape index (κ3) is 3.79. The van der Waals surface area contributed by atoms with Crippen LogP contribution in [0.1, 0.15) is 38.3 Å². The molecule has 0 bridgehead atoms. The second-order valence-corrected chi connectivity index (χ2v) is 7.04. The molecule has 1 heterocycles. The molecule has 2 rings (SSSR count). The molecule has 0 aliphatic carbocycles. The number of nitrogens with zero attached hydrogens (tertiary/aromatic N) is 1. The van der Waals surface area contributed by atoms with Crippen LogP contribution in [0.4, 0.5) is 0 Å². The van der Waals surface area contributed by atoms with Gasteiger partial charge in [0.2, 0.25) is 0 Å². The molecule has 0 spiro atoms. The van der Waals surface area contributed by atoms with Gasteiger partial charge in [-0.2, -0.15) is 0 Å². The van der Waals surface area contributed by atoms with Crippen molar-refractivity contribution in [2.75, 3.05) is 27.2 Å². The Morgan fingerprint density at radius 1 is 1.43 bits per heavy atom. The largest absolute Gasteiger partial charge is 0.496 e. The third-order valence-corrected chi connectivity index (χ3v) is 4.93. The number of methoxy groups -OCH3 is 1. The van der Waals surface area contributed by atoms with E-state index in [0.29, 0.717) is 18.0 Å². The van der Waals surface area contributed by atoms with Gasteiger partial charge in [0.15, 0.2) is 0 Å². The topological polar surface area (TPSA) is 24.5 Å². The van der Waals surface area contributed by atoms with Crippen LogP contribution < -0.4 is 10.1 Å². The smallest absolute Gasteiger partial charge is 0.123 e. The zero-order valence-electron chi connectivity index (χ0n) is 13.5. The van der Waals surface area contributed by atoms with Crippen molar-refractivity contribution in [3.05, 3.63) is 28.2 Å². The van der Waals surface area contributed by atoms with Gasteiger partial charge in [0.25, 0.3) is 0 Å². The van der Waals surface area contributed by atoms with Gasteiger partial charge in [0.05, 0.1) is 7.11 Å². The second-order valence-electron chi connectivity index (χ2n) is 6.12. The number of hydrogen-bond donors (Lipinski definition) is 1. The molecule has 1 aliphatic rings. The Bertz CT molecular complexity index is 462. The minimum atomic E-state index is 0.415. The van der Waals surface area contributed by atoms with Gasteiger partial charge in [-0.1, -0.05) is 15.9 Å². The Morgan fingerprint density at radius 2 is 2.19 bits per heavy atom. The van der Waals surface area contributed by atoms with Crippen molar-refractivity contribution >= 4 is 15.9 Å². The number of halogens is 1. The van der Waals surface area contributed by atoms with Gasteiger partial charge in [-0.25, -0.2) is 0 Å². The second kappa shape index (κ2) is 7.61. The highest BCUT2D eigenvalue weighted by atomic mass is 79.9. The van der Waals surface area contributed by atoms with E-state index in [2.05, 4.69) is 58.2 Å². The lowest BCUT2D eigenvalue weighted by molar-refractivity contribution is 0.0619. The maximum Gasteiger partial charge on any atom is 0.123 e. The van der Waals surface area contributed by atoms with Crippen molar-refractivity contribution in [3.63, 3.8) is 0 Å². The average molecular weight is 355 g/mol. The summed E-state index contributed by atoms with van der Waals surface area (Å²) in [5, 5.41) is 3.37. The number of likely N-dealkylation sites (tertiary alicyclic amines) is 1. The Balaban J connectivity index is 2.44. The SMILES string of the molecule is CNCC1CCCN(C(C)C)C1c1cc(Br)ccc1OC. The molecular formula is C17H27BrN2O. The molecule has 4 heteroatoms. The van der Waals surface area contributed by atoms with E-state index in [1.807, 2.05) is 7.05 Å². The van der Waals surface area contributed by atoms with Gasteiger partial charge >= 0.3 is 0 Å². The normalized spacial score (nSPS) is 23.5. The van der Waals surface area contributed by atoms with Crippen LogP contribution >= 0.6 is 15.9 Å². The molecule has 1 saturated heterocycles. The van der Waals surface area contributed by atoms with Gasteiger partial charge in [-0.15, -0.1) is 0 Å². The monoisotopic (exact) mass is 354 g/mol. The highest BCUT2D eigenvalue weighted by molar-refractivity contribution is 9.10. The Hall–Kier alpha value is -0.580. The van der Waals surface area contributed by atoms with E-state index < -0.39 is 0 Å². The first-order valence-electron chi connectivity index (χ1n) is 7.82. The Kier molecular flexibility index (Phi) is 6.08. The number of piperidine rings is 1. The van der Waals surface area contributed by atoms with E-state index >= 15 is 0 Å². The minimum absolute atomic E-state index is 0.415. The fraction of sp³-hybridized carbons (Fsp3) is 0.647.